The van der Waals surface area contributed by atoms with Gasteiger partial charge in [0, 0.05) is 11.8 Å². The lowest BCUT2D eigenvalue weighted by molar-refractivity contribution is 0.0477. The summed E-state index contributed by atoms with van der Waals surface area (Å²) in [4.78, 5) is 31.7. The van der Waals surface area contributed by atoms with Crippen molar-refractivity contribution in [3.05, 3.63) is 58.9 Å². The summed E-state index contributed by atoms with van der Waals surface area (Å²) in [5.41, 5.74) is 1.87. The molecule has 3 aromatic rings. The van der Waals surface area contributed by atoms with E-state index in [9.17, 15) is 9.59 Å². The third-order valence-electron chi connectivity index (χ3n) is 3.55. The average molecular weight is 356 g/mol. The molecule has 0 saturated heterocycles. The number of hydrogen-bond acceptors (Lipinski definition) is 6. The molecule has 0 bridgehead atoms. The quantitative estimate of drug-likeness (QED) is 0.540. The maximum Gasteiger partial charge on any atom is 0.350 e. The molecule has 0 saturated carbocycles. The van der Waals surface area contributed by atoms with E-state index in [4.69, 9.17) is 9.47 Å². The van der Waals surface area contributed by atoms with Crippen LogP contribution in [0.1, 0.15) is 25.9 Å². The summed E-state index contributed by atoms with van der Waals surface area (Å²) < 4.78 is 10.3. The van der Waals surface area contributed by atoms with Crippen LogP contribution >= 0.6 is 11.3 Å². The van der Waals surface area contributed by atoms with E-state index in [1.165, 1.54) is 11.3 Å². The van der Waals surface area contributed by atoms with E-state index in [1.54, 1.807) is 32.4 Å². The second-order valence-electron chi connectivity index (χ2n) is 5.25. The first-order valence-corrected chi connectivity index (χ1v) is 8.35. The van der Waals surface area contributed by atoms with Crippen molar-refractivity contribution in [2.45, 2.75) is 6.92 Å². The lowest BCUT2D eigenvalue weighted by atomic mass is 10.2. The molecule has 6 nitrogen and oxygen atoms in total. The minimum atomic E-state index is -0.547. The summed E-state index contributed by atoms with van der Waals surface area (Å²) in [5, 5.41) is 0.711. The Morgan fingerprint density at radius 2 is 1.96 bits per heavy atom. The summed E-state index contributed by atoms with van der Waals surface area (Å²) >= 11 is 1.24. The summed E-state index contributed by atoms with van der Waals surface area (Å²) in [7, 11) is 1.60. The fraction of sp³-hybridized carbons (Fsp3) is 0.167. The fourth-order valence-corrected chi connectivity index (χ4v) is 3.19. The van der Waals surface area contributed by atoms with Crippen LogP contribution in [0.25, 0.3) is 10.6 Å². The van der Waals surface area contributed by atoms with Crippen LogP contribution in [0.3, 0.4) is 0 Å². The topological polar surface area (TPSA) is 81.3 Å². The summed E-state index contributed by atoms with van der Waals surface area (Å²) in [6.07, 6.45) is 1.64. The van der Waals surface area contributed by atoms with Crippen LogP contribution < -0.4 is 4.74 Å². The van der Waals surface area contributed by atoms with Crippen molar-refractivity contribution in [1.82, 2.24) is 9.97 Å². The number of carbonyl (C=O) groups is 2. The molecule has 0 atom stereocenters. The van der Waals surface area contributed by atoms with Gasteiger partial charge in [-0.25, -0.2) is 9.78 Å². The number of ether oxygens (including phenoxy) is 2. The molecule has 0 aliphatic carbocycles. The molecule has 3 rings (SSSR count). The number of aromatic nitrogens is 2. The Morgan fingerprint density at radius 1 is 1.20 bits per heavy atom. The van der Waals surface area contributed by atoms with E-state index in [1.807, 2.05) is 24.3 Å². The fourth-order valence-electron chi connectivity index (χ4n) is 2.22. The van der Waals surface area contributed by atoms with Gasteiger partial charge in [-0.3, -0.25) is 4.79 Å². The number of ketones is 1. The Bertz CT molecular complexity index is 882. The summed E-state index contributed by atoms with van der Waals surface area (Å²) in [6, 6.07) is 10.8. The second kappa shape index (κ2) is 7.31. The molecule has 0 aliphatic rings. The van der Waals surface area contributed by atoms with E-state index in [0.717, 1.165) is 11.3 Å². The Hall–Kier alpha value is -2.93. The first-order valence-electron chi connectivity index (χ1n) is 7.54. The van der Waals surface area contributed by atoms with Crippen molar-refractivity contribution < 1.29 is 19.1 Å². The molecule has 25 heavy (non-hydrogen) atoms. The molecule has 0 fully saturated rings. The highest BCUT2D eigenvalue weighted by atomic mass is 32.1. The van der Waals surface area contributed by atoms with Gasteiger partial charge in [-0.1, -0.05) is 0 Å². The number of Topliss-reactive ketones (excluding diaryl/α,β-unsaturated/α-hetero) is 1. The van der Waals surface area contributed by atoms with Crippen LogP contribution in [0.4, 0.5) is 0 Å². The third kappa shape index (κ3) is 3.77. The predicted molar refractivity (Wildman–Crippen MR) is 94.2 cm³/mol. The molecule has 0 aliphatic heterocycles. The Labute approximate surface area is 148 Å². The van der Waals surface area contributed by atoms with Crippen molar-refractivity contribution >= 4 is 23.1 Å². The molecule has 0 radical (unpaired) electrons. The molecule has 128 valence electrons. The first-order chi connectivity index (χ1) is 12.1. The molecule has 1 N–H and O–H groups in total. The molecule has 1 aromatic carbocycles. The van der Waals surface area contributed by atoms with Crippen LogP contribution in [-0.4, -0.2) is 35.4 Å². The monoisotopic (exact) mass is 356 g/mol. The highest BCUT2D eigenvalue weighted by Gasteiger charge is 2.19. The van der Waals surface area contributed by atoms with Gasteiger partial charge in [0.25, 0.3) is 0 Å². The van der Waals surface area contributed by atoms with Crippen LogP contribution in [0, 0.1) is 6.92 Å². The van der Waals surface area contributed by atoms with Crippen LogP contribution in [0.15, 0.2) is 42.6 Å². The SMILES string of the molecule is COc1ccc(-c2nc(C)c(C(=O)OCC(=O)c3ccc[nH]3)s2)cc1. The van der Waals surface area contributed by atoms with Gasteiger partial charge >= 0.3 is 5.97 Å². The molecule has 0 spiro atoms. The normalized spacial score (nSPS) is 10.5. The number of H-pyrrole nitrogens is 1. The standard InChI is InChI=1S/C18H16N2O4S/c1-11-16(18(22)24-10-15(21)14-4-3-9-19-14)25-17(20-11)12-5-7-13(23-2)8-6-12/h3-9,19H,10H2,1-2H3. The summed E-state index contributed by atoms with van der Waals surface area (Å²) in [6.45, 7) is 1.43. The number of esters is 1. The number of rotatable bonds is 6. The number of benzene rings is 1. The summed E-state index contributed by atoms with van der Waals surface area (Å²) in [5.74, 6) is -0.0787. The Morgan fingerprint density at radius 3 is 2.60 bits per heavy atom. The van der Waals surface area contributed by atoms with Crippen molar-refractivity contribution in [3.63, 3.8) is 0 Å². The largest absolute Gasteiger partial charge is 0.497 e. The van der Waals surface area contributed by atoms with Gasteiger partial charge in [0.2, 0.25) is 5.78 Å². The van der Waals surface area contributed by atoms with Crippen LogP contribution in [0.2, 0.25) is 0 Å². The van der Waals surface area contributed by atoms with Gasteiger partial charge in [0.05, 0.1) is 18.5 Å². The van der Waals surface area contributed by atoms with Crippen LogP contribution in [-0.2, 0) is 4.74 Å². The number of hydrogen-bond donors (Lipinski definition) is 1. The average Bonchev–Trinajstić information content (AvgIpc) is 3.29. The van der Waals surface area contributed by atoms with Crippen molar-refractivity contribution in [1.29, 1.82) is 0 Å². The van der Waals surface area contributed by atoms with Crippen molar-refractivity contribution in [2.24, 2.45) is 0 Å². The molecule has 0 amide bonds. The zero-order valence-corrected chi connectivity index (χ0v) is 14.6. The zero-order chi connectivity index (χ0) is 17.8. The van der Waals surface area contributed by atoms with E-state index >= 15 is 0 Å². The maximum absolute atomic E-state index is 12.3. The molecule has 0 unspecified atom stereocenters. The van der Waals surface area contributed by atoms with Gasteiger partial charge in [-0.2, -0.15) is 0 Å². The Kier molecular flexibility index (Phi) is 4.95. The molecule has 2 heterocycles. The van der Waals surface area contributed by atoms with E-state index in [-0.39, 0.29) is 12.4 Å². The first kappa shape index (κ1) is 16.9. The highest BCUT2D eigenvalue weighted by Crippen LogP contribution is 2.29. The smallest absolute Gasteiger partial charge is 0.350 e. The number of aromatic amines is 1. The van der Waals surface area contributed by atoms with Gasteiger partial charge in [-0.05, 0) is 43.3 Å². The minimum absolute atomic E-state index is 0.282. The van der Waals surface area contributed by atoms with E-state index in [2.05, 4.69) is 9.97 Å². The Balaban J connectivity index is 1.70. The van der Waals surface area contributed by atoms with Crippen molar-refractivity contribution in [3.8, 4) is 16.3 Å². The maximum atomic E-state index is 12.3. The minimum Gasteiger partial charge on any atom is -0.497 e. The second-order valence-corrected chi connectivity index (χ2v) is 6.24. The number of aryl methyl sites for hydroxylation is 1. The molecule has 7 heteroatoms. The van der Waals surface area contributed by atoms with E-state index < -0.39 is 5.97 Å². The molecule has 2 aromatic heterocycles. The van der Waals surface area contributed by atoms with Gasteiger partial charge < -0.3 is 14.5 Å². The van der Waals surface area contributed by atoms with Crippen LogP contribution in [0.5, 0.6) is 5.75 Å². The zero-order valence-electron chi connectivity index (χ0n) is 13.7. The molecular formula is C18H16N2O4S. The highest BCUT2D eigenvalue weighted by molar-refractivity contribution is 7.17. The number of methoxy groups -OCH3 is 1. The van der Waals surface area contributed by atoms with E-state index in [0.29, 0.717) is 21.3 Å². The number of carbonyl (C=O) groups excluding carboxylic acids is 2. The van der Waals surface area contributed by atoms with Crippen molar-refractivity contribution in [2.75, 3.05) is 13.7 Å². The van der Waals surface area contributed by atoms with Gasteiger partial charge in [0.1, 0.15) is 15.6 Å². The lowest BCUT2D eigenvalue weighted by Crippen LogP contribution is -2.14. The molecular weight excluding hydrogens is 340 g/mol. The lowest BCUT2D eigenvalue weighted by Gasteiger charge is -2.02. The number of nitrogens with one attached hydrogen (secondary N) is 1. The predicted octanol–water partition coefficient (Wildman–Crippen LogP) is 3.49. The van der Waals surface area contributed by atoms with Gasteiger partial charge in [0.15, 0.2) is 6.61 Å². The van der Waals surface area contributed by atoms with Gasteiger partial charge in [-0.15, -0.1) is 11.3 Å². The number of thiazole rings is 1. The number of nitrogens with zero attached hydrogens (tertiary/aromatic N) is 1. The third-order valence-corrected chi connectivity index (χ3v) is 4.74.